The van der Waals surface area contributed by atoms with Gasteiger partial charge in [0.25, 0.3) is 0 Å². The van der Waals surface area contributed by atoms with E-state index in [0.29, 0.717) is 5.82 Å². The van der Waals surface area contributed by atoms with Crippen molar-refractivity contribution in [2.45, 2.75) is 45.4 Å². The maximum absolute atomic E-state index is 13.7. The SMILES string of the molecule is CC[C@H](C)NC(=O)CN1C(=O)CS[C@@H](c2cccs2)c2c(-c3ccccc3)nn(-c3ccc(C)cc3C)c21. The Morgan fingerprint density at radius 3 is 2.61 bits per heavy atom. The van der Waals surface area contributed by atoms with E-state index < -0.39 is 0 Å². The number of aromatic nitrogens is 2. The van der Waals surface area contributed by atoms with Crippen molar-refractivity contribution in [3.05, 3.63) is 87.6 Å². The average Bonchev–Trinajstić information content (AvgIpc) is 3.54. The number of carbonyl (C=O) groups is 2. The molecule has 4 aromatic rings. The molecule has 0 radical (unpaired) electrons. The predicted molar refractivity (Wildman–Crippen MR) is 157 cm³/mol. The molecule has 38 heavy (non-hydrogen) atoms. The third-order valence-electron chi connectivity index (χ3n) is 6.84. The van der Waals surface area contributed by atoms with Crippen LogP contribution < -0.4 is 10.2 Å². The molecule has 2 amide bonds. The van der Waals surface area contributed by atoms with Crippen molar-refractivity contribution in [3.63, 3.8) is 0 Å². The van der Waals surface area contributed by atoms with Gasteiger partial charge < -0.3 is 5.32 Å². The number of carbonyl (C=O) groups excluding carboxylic acids is 2. The van der Waals surface area contributed by atoms with E-state index in [4.69, 9.17) is 5.10 Å². The number of aryl methyl sites for hydroxylation is 2. The number of rotatable bonds is 7. The van der Waals surface area contributed by atoms with Gasteiger partial charge in [0.2, 0.25) is 11.8 Å². The molecule has 0 spiro atoms. The molecular weight excluding hydrogens is 512 g/mol. The Morgan fingerprint density at radius 1 is 1.13 bits per heavy atom. The first-order chi connectivity index (χ1) is 18.4. The number of hydrogen-bond donors (Lipinski definition) is 1. The van der Waals surface area contributed by atoms with Gasteiger partial charge in [0.1, 0.15) is 12.4 Å². The largest absolute Gasteiger partial charge is 0.352 e. The molecule has 2 aromatic carbocycles. The Labute approximate surface area is 232 Å². The lowest BCUT2D eigenvalue weighted by Crippen LogP contribution is -2.44. The maximum atomic E-state index is 13.7. The lowest BCUT2D eigenvalue weighted by molar-refractivity contribution is -0.123. The maximum Gasteiger partial charge on any atom is 0.240 e. The summed E-state index contributed by atoms with van der Waals surface area (Å²) in [6.45, 7) is 8.07. The number of nitrogens with one attached hydrogen (secondary N) is 1. The third-order valence-corrected chi connectivity index (χ3v) is 9.16. The Hall–Kier alpha value is -3.36. The number of amides is 2. The molecule has 1 N–H and O–H groups in total. The van der Waals surface area contributed by atoms with E-state index in [1.165, 1.54) is 0 Å². The van der Waals surface area contributed by atoms with Crippen molar-refractivity contribution in [1.29, 1.82) is 0 Å². The van der Waals surface area contributed by atoms with Crippen molar-refractivity contribution in [1.82, 2.24) is 15.1 Å². The van der Waals surface area contributed by atoms with E-state index in [0.717, 1.165) is 44.9 Å². The molecule has 1 aliphatic rings. The summed E-state index contributed by atoms with van der Waals surface area (Å²) in [6, 6.07) is 20.5. The molecule has 0 unspecified atom stereocenters. The van der Waals surface area contributed by atoms with Crippen molar-refractivity contribution >= 4 is 40.7 Å². The van der Waals surface area contributed by atoms with Crippen LogP contribution in [0.25, 0.3) is 16.9 Å². The van der Waals surface area contributed by atoms with Crippen LogP contribution in [0.1, 0.15) is 47.1 Å². The van der Waals surface area contributed by atoms with Gasteiger partial charge in [-0.25, -0.2) is 4.68 Å². The Kier molecular flexibility index (Phi) is 7.72. The van der Waals surface area contributed by atoms with E-state index in [-0.39, 0.29) is 35.4 Å². The molecule has 5 rings (SSSR count). The van der Waals surface area contributed by atoms with Crippen molar-refractivity contribution in [3.8, 4) is 16.9 Å². The summed E-state index contributed by atoms with van der Waals surface area (Å²) < 4.78 is 1.88. The van der Waals surface area contributed by atoms with Gasteiger partial charge in [0.15, 0.2) is 0 Å². The summed E-state index contributed by atoms with van der Waals surface area (Å²) >= 11 is 3.28. The van der Waals surface area contributed by atoms with Crippen LogP contribution in [0.2, 0.25) is 0 Å². The monoisotopic (exact) mass is 544 g/mol. The van der Waals surface area contributed by atoms with E-state index in [9.17, 15) is 9.59 Å². The number of hydrogen-bond acceptors (Lipinski definition) is 5. The number of nitrogens with zero attached hydrogens (tertiary/aromatic N) is 3. The average molecular weight is 545 g/mol. The van der Waals surface area contributed by atoms with Crippen LogP contribution in [0, 0.1) is 13.8 Å². The smallest absolute Gasteiger partial charge is 0.240 e. The van der Waals surface area contributed by atoms with Crippen LogP contribution in [0.5, 0.6) is 0 Å². The molecular formula is C30H32N4O2S2. The first-order valence-corrected chi connectivity index (χ1v) is 14.8. The van der Waals surface area contributed by atoms with Crippen LogP contribution in [-0.4, -0.2) is 39.9 Å². The first kappa shape index (κ1) is 26.3. The molecule has 1 aliphatic heterocycles. The van der Waals surface area contributed by atoms with E-state index in [1.807, 2.05) is 48.9 Å². The fraction of sp³-hybridized carbons (Fsp3) is 0.300. The topological polar surface area (TPSA) is 67.2 Å². The highest BCUT2D eigenvalue weighted by molar-refractivity contribution is 8.00. The van der Waals surface area contributed by atoms with Crippen LogP contribution in [-0.2, 0) is 9.59 Å². The zero-order chi connectivity index (χ0) is 26.8. The number of thioether (sulfide) groups is 1. The van der Waals surface area contributed by atoms with Crippen molar-refractivity contribution in [2.24, 2.45) is 0 Å². The number of anilines is 1. The van der Waals surface area contributed by atoms with Gasteiger partial charge in [-0.3, -0.25) is 14.5 Å². The second kappa shape index (κ2) is 11.2. The normalized spacial score (nSPS) is 16.2. The Bertz CT molecular complexity index is 1450. The van der Waals surface area contributed by atoms with Gasteiger partial charge in [0, 0.05) is 22.0 Å². The quantitative estimate of drug-likeness (QED) is 0.296. The van der Waals surface area contributed by atoms with Crippen LogP contribution in [0.4, 0.5) is 5.82 Å². The van der Waals surface area contributed by atoms with Gasteiger partial charge in [-0.1, -0.05) is 61.0 Å². The standard InChI is InChI=1S/C30H32N4O2S2/c1-5-21(4)31-25(35)17-33-26(36)18-38-29(24-12-9-15-37-24)27-28(22-10-7-6-8-11-22)32-34(30(27)33)23-14-13-19(2)16-20(23)3/h6-16,21,29H,5,17-18H2,1-4H3,(H,31,35)/t21-,29-/m0/s1. The van der Waals surface area contributed by atoms with E-state index in [1.54, 1.807) is 28.0 Å². The lowest BCUT2D eigenvalue weighted by atomic mass is 10.0. The summed E-state index contributed by atoms with van der Waals surface area (Å²) in [5.74, 6) is 0.672. The zero-order valence-corrected chi connectivity index (χ0v) is 23.7. The summed E-state index contributed by atoms with van der Waals surface area (Å²) in [5.41, 5.74) is 5.87. The third kappa shape index (κ3) is 5.15. The molecule has 0 saturated heterocycles. The van der Waals surface area contributed by atoms with Gasteiger partial charge >= 0.3 is 0 Å². The van der Waals surface area contributed by atoms with Crippen molar-refractivity contribution in [2.75, 3.05) is 17.2 Å². The Morgan fingerprint density at radius 2 is 1.92 bits per heavy atom. The fourth-order valence-corrected chi connectivity index (χ4v) is 6.95. The number of thiophene rings is 1. The van der Waals surface area contributed by atoms with E-state index >= 15 is 0 Å². The molecule has 196 valence electrons. The minimum atomic E-state index is -0.173. The second-order valence-electron chi connectivity index (χ2n) is 9.72. The Balaban J connectivity index is 1.78. The van der Waals surface area contributed by atoms with Crippen molar-refractivity contribution < 1.29 is 9.59 Å². The van der Waals surface area contributed by atoms with Gasteiger partial charge in [0.05, 0.1) is 22.4 Å². The van der Waals surface area contributed by atoms with E-state index in [2.05, 4.69) is 54.9 Å². The van der Waals surface area contributed by atoms with Gasteiger partial charge in [-0.05, 0) is 50.3 Å². The summed E-state index contributed by atoms with van der Waals surface area (Å²) in [5, 5.41) is 10.2. The van der Waals surface area contributed by atoms with Crippen LogP contribution >= 0.6 is 23.1 Å². The molecule has 6 nitrogen and oxygen atoms in total. The molecule has 2 aromatic heterocycles. The molecule has 2 atom stereocenters. The highest BCUT2D eigenvalue weighted by atomic mass is 32.2. The molecule has 0 saturated carbocycles. The zero-order valence-electron chi connectivity index (χ0n) is 22.1. The molecule has 8 heteroatoms. The number of fused-ring (bicyclic) bond motifs is 1. The molecule has 0 bridgehead atoms. The minimum Gasteiger partial charge on any atom is -0.352 e. The highest BCUT2D eigenvalue weighted by Gasteiger charge is 2.38. The lowest BCUT2D eigenvalue weighted by Gasteiger charge is -2.24. The van der Waals surface area contributed by atoms with Gasteiger partial charge in [-0.15, -0.1) is 23.1 Å². The highest BCUT2D eigenvalue weighted by Crippen LogP contribution is 2.49. The predicted octanol–water partition coefficient (Wildman–Crippen LogP) is 6.30. The minimum absolute atomic E-state index is 0.0291. The molecule has 3 heterocycles. The second-order valence-corrected chi connectivity index (χ2v) is 11.8. The number of benzene rings is 2. The summed E-state index contributed by atoms with van der Waals surface area (Å²) in [4.78, 5) is 29.7. The van der Waals surface area contributed by atoms with Gasteiger partial charge in [-0.2, -0.15) is 5.10 Å². The van der Waals surface area contributed by atoms with Crippen LogP contribution in [0.15, 0.2) is 66.0 Å². The fourth-order valence-electron chi connectivity index (χ4n) is 4.77. The van der Waals surface area contributed by atoms with Crippen LogP contribution in [0.3, 0.4) is 0 Å². The molecule has 0 fully saturated rings. The summed E-state index contributed by atoms with van der Waals surface area (Å²) in [6.07, 6.45) is 0.819. The molecule has 0 aliphatic carbocycles. The summed E-state index contributed by atoms with van der Waals surface area (Å²) in [7, 11) is 0. The first-order valence-electron chi connectivity index (χ1n) is 12.9.